The fraction of sp³-hybridized carbons (Fsp3) is 0.867. The molecular formula is C15H27N3O3. The zero-order valence-electron chi connectivity index (χ0n) is 13.1. The predicted octanol–water partition coefficient (Wildman–Crippen LogP) is 0.0818. The van der Waals surface area contributed by atoms with E-state index in [-0.39, 0.29) is 23.8 Å². The van der Waals surface area contributed by atoms with Gasteiger partial charge in [-0.05, 0) is 13.3 Å². The van der Waals surface area contributed by atoms with Crippen LogP contribution in [0.3, 0.4) is 0 Å². The van der Waals surface area contributed by atoms with E-state index < -0.39 is 0 Å². The fourth-order valence-electron chi connectivity index (χ4n) is 2.86. The maximum Gasteiger partial charge on any atom is 0.225 e. The maximum absolute atomic E-state index is 12.2. The standard InChI is InChI=1S/C15H27N3O3/c1-3-12(2)18-11-13(10-14(18)19)15(20)16-4-5-17-6-8-21-9-7-17/h12-13H,3-11H2,1-2H3,(H,16,20). The van der Waals surface area contributed by atoms with Crippen LogP contribution in [0.2, 0.25) is 0 Å². The monoisotopic (exact) mass is 297 g/mol. The van der Waals surface area contributed by atoms with Gasteiger partial charge in [-0.25, -0.2) is 0 Å². The normalized spacial score (nSPS) is 25.1. The van der Waals surface area contributed by atoms with E-state index in [0.717, 1.165) is 39.3 Å². The molecule has 0 aromatic carbocycles. The lowest BCUT2D eigenvalue weighted by molar-refractivity contribution is -0.130. The Kier molecular flexibility index (Phi) is 5.99. The molecular weight excluding hydrogens is 270 g/mol. The van der Waals surface area contributed by atoms with E-state index in [9.17, 15) is 9.59 Å². The third kappa shape index (κ3) is 4.41. The summed E-state index contributed by atoms with van der Waals surface area (Å²) in [5.74, 6) is -0.0590. The summed E-state index contributed by atoms with van der Waals surface area (Å²) < 4.78 is 5.29. The van der Waals surface area contributed by atoms with E-state index in [1.807, 2.05) is 11.8 Å². The molecule has 2 fully saturated rings. The van der Waals surface area contributed by atoms with Gasteiger partial charge in [-0.2, -0.15) is 0 Å². The average Bonchev–Trinajstić information content (AvgIpc) is 2.89. The first-order chi connectivity index (χ1) is 10.1. The number of hydrogen-bond donors (Lipinski definition) is 1. The quantitative estimate of drug-likeness (QED) is 0.754. The summed E-state index contributed by atoms with van der Waals surface area (Å²) in [7, 11) is 0. The summed E-state index contributed by atoms with van der Waals surface area (Å²) in [6.45, 7) is 9.57. The van der Waals surface area contributed by atoms with E-state index >= 15 is 0 Å². The summed E-state index contributed by atoms with van der Waals surface area (Å²) in [5.41, 5.74) is 0. The molecule has 2 heterocycles. The molecule has 120 valence electrons. The molecule has 2 unspecified atom stereocenters. The first-order valence-electron chi connectivity index (χ1n) is 7.99. The minimum absolute atomic E-state index is 0.0161. The Hall–Kier alpha value is -1.14. The Balaban J connectivity index is 1.70. The second-order valence-electron chi connectivity index (χ2n) is 5.95. The lowest BCUT2D eigenvalue weighted by Crippen LogP contribution is -2.43. The number of nitrogens with one attached hydrogen (secondary N) is 1. The summed E-state index contributed by atoms with van der Waals surface area (Å²) in [6.07, 6.45) is 1.28. The van der Waals surface area contributed by atoms with Crippen LogP contribution in [0.15, 0.2) is 0 Å². The van der Waals surface area contributed by atoms with Crippen LogP contribution in [-0.4, -0.2) is 73.6 Å². The highest BCUT2D eigenvalue weighted by atomic mass is 16.5. The van der Waals surface area contributed by atoms with Crippen LogP contribution in [-0.2, 0) is 14.3 Å². The number of morpholine rings is 1. The lowest BCUT2D eigenvalue weighted by atomic mass is 10.1. The van der Waals surface area contributed by atoms with E-state index in [1.54, 1.807) is 0 Å². The Labute approximate surface area is 126 Å². The van der Waals surface area contributed by atoms with Crippen molar-refractivity contribution in [3.8, 4) is 0 Å². The van der Waals surface area contributed by atoms with Gasteiger partial charge in [0.2, 0.25) is 11.8 Å². The van der Waals surface area contributed by atoms with Crippen LogP contribution < -0.4 is 5.32 Å². The molecule has 0 aliphatic carbocycles. The second kappa shape index (κ2) is 7.75. The van der Waals surface area contributed by atoms with Crippen LogP contribution in [0.25, 0.3) is 0 Å². The average molecular weight is 297 g/mol. The Morgan fingerprint density at radius 1 is 1.43 bits per heavy atom. The van der Waals surface area contributed by atoms with Gasteiger partial charge in [-0.3, -0.25) is 14.5 Å². The molecule has 2 rings (SSSR count). The minimum atomic E-state index is -0.184. The fourth-order valence-corrected chi connectivity index (χ4v) is 2.86. The minimum Gasteiger partial charge on any atom is -0.379 e. The van der Waals surface area contributed by atoms with Gasteiger partial charge in [0.15, 0.2) is 0 Å². The van der Waals surface area contributed by atoms with Crippen molar-refractivity contribution in [3.05, 3.63) is 0 Å². The molecule has 21 heavy (non-hydrogen) atoms. The van der Waals surface area contributed by atoms with E-state index in [0.29, 0.717) is 19.5 Å². The molecule has 2 saturated heterocycles. The molecule has 6 heteroatoms. The molecule has 2 atom stereocenters. The summed E-state index contributed by atoms with van der Waals surface area (Å²) >= 11 is 0. The number of rotatable bonds is 6. The summed E-state index contributed by atoms with van der Waals surface area (Å²) in [4.78, 5) is 28.2. The smallest absolute Gasteiger partial charge is 0.225 e. The number of nitrogens with zero attached hydrogens (tertiary/aromatic N) is 2. The highest BCUT2D eigenvalue weighted by Gasteiger charge is 2.35. The van der Waals surface area contributed by atoms with Crippen molar-refractivity contribution in [2.45, 2.75) is 32.7 Å². The van der Waals surface area contributed by atoms with Crippen molar-refractivity contribution in [1.82, 2.24) is 15.1 Å². The molecule has 2 amide bonds. The molecule has 0 saturated carbocycles. The van der Waals surface area contributed by atoms with Crippen molar-refractivity contribution in [3.63, 3.8) is 0 Å². The van der Waals surface area contributed by atoms with Crippen molar-refractivity contribution in [2.24, 2.45) is 5.92 Å². The van der Waals surface area contributed by atoms with E-state index in [4.69, 9.17) is 4.74 Å². The van der Waals surface area contributed by atoms with E-state index in [2.05, 4.69) is 17.1 Å². The van der Waals surface area contributed by atoms with Crippen LogP contribution in [0.1, 0.15) is 26.7 Å². The number of carbonyl (C=O) groups excluding carboxylic acids is 2. The topological polar surface area (TPSA) is 61.9 Å². The largest absolute Gasteiger partial charge is 0.379 e. The first-order valence-corrected chi connectivity index (χ1v) is 7.99. The molecule has 2 aliphatic heterocycles. The van der Waals surface area contributed by atoms with Crippen molar-refractivity contribution >= 4 is 11.8 Å². The summed E-state index contributed by atoms with van der Waals surface area (Å²) in [5, 5.41) is 2.97. The van der Waals surface area contributed by atoms with Gasteiger partial charge in [0, 0.05) is 45.2 Å². The highest BCUT2D eigenvalue weighted by molar-refractivity contribution is 5.89. The Bertz CT molecular complexity index is 369. The third-order valence-corrected chi connectivity index (χ3v) is 4.48. The van der Waals surface area contributed by atoms with Crippen LogP contribution >= 0.6 is 0 Å². The van der Waals surface area contributed by atoms with Crippen LogP contribution in [0.4, 0.5) is 0 Å². The van der Waals surface area contributed by atoms with Gasteiger partial charge in [-0.1, -0.05) is 6.92 Å². The molecule has 6 nitrogen and oxygen atoms in total. The molecule has 0 aromatic heterocycles. The number of carbonyl (C=O) groups is 2. The number of hydrogen-bond acceptors (Lipinski definition) is 4. The number of likely N-dealkylation sites (tertiary alicyclic amines) is 1. The first kappa shape index (κ1) is 16.2. The SMILES string of the molecule is CCC(C)N1CC(C(=O)NCCN2CCOCC2)CC1=O. The Morgan fingerprint density at radius 3 is 2.81 bits per heavy atom. The van der Waals surface area contributed by atoms with Gasteiger partial charge in [0.05, 0.1) is 19.1 Å². The molecule has 0 aromatic rings. The van der Waals surface area contributed by atoms with Gasteiger partial charge in [0.25, 0.3) is 0 Å². The van der Waals surface area contributed by atoms with Gasteiger partial charge in [0.1, 0.15) is 0 Å². The van der Waals surface area contributed by atoms with Crippen molar-refractivity contribution in [2.75, 3.05) is 45.9 Å². The van der Waals surface area contributed by atoms with Gasteiger partial charge < -0.3 is 15.0 Å². The van der Waals surface area contributed by atoms with Crippen LogP contribution in [0.5, 0.6) is 0 Å². The van der Waals surface area contributed by atoms with Gasteiger partial charge >= 0.3 is 0 Å². The lowest BCUT2D eigenvalue weighted by Gasteiger charge is -2.26. The van der Waals surface area contributed by atoms with Gasteiger partial charge in [-0.15, -0.1) is 0 Å². The number of amides is 2. The molecule has 0 bridgehead atoms. The third-order valence-electron chi connectivity index (χ3n) is 4.48. The molecule has 0 radical (unpaired) electrons. The maximum atomic E-state index is 12.2. The second-order valence-corrected chi connectivity index (χ2v) is 5.95. The van der Waals surface area contributed by atoms with Crippen molar-refractivity contribution < 1.29 is 14.3 Å². The molecule has 2 aliphatic rings. The predicted molar refractivity (Wildman–Crippen MR) is 79.8 cm³/mol. The van der Waals surface area contributed by atoms with Crippen LogP contribution in [0, 0.1) is 5.92 Å². The molecule has 0 spiro atoms. The zero-order chi connectivity index (χ0) is 15.2. The summed E-state index contributed by atoms with van der Waals surface area (Å²) in [6, 6.07) is 0.226. The van der Waals surface area contributed by atoms with Crippen molar-refractivity contribution in [1.29, 1.82) is 0 Å². The highest BCUT2D eigenvalue weighted by Crippen LogP contribution is 2.21. The zero-order valence-corrected chi connectivity index (χ0v) is 13.1. The molecule has 1 N–H and O–H groups in total. The Morgan fingerprint density at radius 2 is 2.14 bits per heavy atom. The van der Waals surface area contributed by atoms with E-state index in [1.165, 1.54) is 0 Å². The number of ether oxygens (including phenoxy) is 1.